The molecular formula is C8H15N3. The maximum atomic E-state index is 3.62. The van der Waals surface area contributed by atoms with E-state index in [2.05, 4.69) is 22.9 Å². The van der Waals surface area contributed by atoms with E-state index in [1.54, 1.807) is 0 Å². The fraction of sp³-hybridized carbons (Fsp3) is 1.00. The highest BCUT2D eigenvalue weighted by molar-refractivity contribution is 5.37. The molecule has 0 saturated carbocycles. The highest BCUT2D eigenvalue weighted by atomic mass is 15.4. The van der Waals surface area contributed by atoms with Crippen LogP contribution in [-0.4, -0.2) is 36.8 Å². The second-order valence-electron chi connectivity index (χ2n) is 4.12. The Balaban J connectivity index is 1.88. The van der Waals surface area contributed by atoms with Crippen LogP contribution in [0.5, 0.6) is 0 Å². The van der Waals surface area contributed by atoms with Crippen LogP contribution in [0.4, 0.5) is 0 Å². The number of hydrogen-bond donors (Lipinski definition) is 3. The van der Waals surface area contributed by atoms with E-state index in [9.17, 15) is 0 Å². The number of nitrogens with one attached hydrogen (secondary N) is 3. The molecule has 3 atom stereocenters. The minimum atomic E-state index is 0.446. The molecule has 3 rings (SSSR count). The van der Waals surface area contributed by atoms with Crippen molar-refractivity contribution in [3.05, 3.63) is 0 Å². The van der Waals surface area contributed by atoms with Crippen LogP contribution in [0.15, 0.2) is 0 Å². The Morgan fingerprint density at radius 1 is 1.36 bits per heavy atom. The zero-order valence-electron chi connectivity index (χ0n) is 6.91. The molecule has 0 aromatic rings. The van der Waals surface area contributed by atoms with Crippen molar-refractivity contribution in [1.82, 2.24) is 16.0 Å². The van der Waals surface area contributed by atoms with Crippen molar-refractivity contribution in [1.29, 1.82) is 0 Å². The topological polar surface area (TPSA) is 55.9 Å². The van der Waals surface area contributed by atoms with E-state index in [0.29, 0.717) is 11.1 Å². The van der Waals surface area contributed by atoms with Crippen LogP contribution < -0.4 is 16.0 Å². The SMILES string of the molecule is CCC1NC12CNCC21CN1. The van der Waals surface area contributed by atoms with Crippen molar-refractivity contribution < 1.29 is 0 Å². The molecule has 3 unspecified atom stereocenters. The predicted molar refractivity (Wildman–Crippen MR) is 43.5 cm³/mol. The Morgan fingerprint density at radius 2 is 2.18 bits per heavy atom. The van der Waals surface area contributed by atoms with Gasteiger partial charge in [-0.3, -0.25) is 0 Å². The summed E-state index contributed by atoms with van der Waals surface area (Å²) in [5.41, 5.74) is 0.898. The number of rotatable bonds is 1. The first-order valence-corrected chi connectivity index (χ1v) is 4.56. The van der Waals surface area contributed by atoms with Gasteiger partial charge in [0.2, 0.25) is 0 Å². The van der Waals surface area contributed by atoms with Gasteiger partial charge in [0.15, 0.2) is 0 Å². The first kappa shape index (κ1) is 6.40. The van der Waals surface area contributed by atoms with Crippen LogP contribution in [0.3, 0.4) is 0 Å². The average molecular weight is 153 g/mol. The lowest BCUT2D eigenvalue weighted by atomic mass is 9.91. The third kappa shape index (κ3) is 0.567. The maximum Gasteiger partial charge on any atom is 0.0673 e. The highest BCUT2D eigenvalue weighted by Gasteiger charge is 2.72. The Bertz CT molecular complexity index is 200. The van der Waals surface area contributed by atoms with Crippen LogP contribution in [0.2, 0.25) is 0 Å². The van der Waals surface area contributed by atoms with Gasteiger partial charge in [-0.1, -0.05) is 6.92 Å². The van der Waals surface area contributed by atoms with Gasteiger partial charge in [0.1, 0.15) is 0 Å². The minimum absolute atomic E-state index is 0.446. The lowest BCUT2D eigenvalue weighted by Gasteiger charge is -2.12. The summed E-state index contributed by atoms with van der Waals surface area (Å²) >= 11 is 0. The van der Waals surface area contributed by atoms with Gasteiger partial charge >= 0.3 is 0 Å². The average Bonchev–Trinajstić information content (AvgIpc) is 2.78. The Kier molecular flexibility index (Phi) is 0.947. The number of fused-ring (bicyclic) bond motifs is 1. The molecule has 0 aromatic heterocycles. The normalized spacial score (nSPS) is 59.2. The monoisotopic (exact) mass is 153 g/mol. The van der Waals surface area contributed by atoms with Crippen molar-refractivity contribution in [2.45, 2.75) is 30.5 Å². The van der Waals surface area contributed by atoms with Crippen molar-refractivity contribution in [2.75, 3.05) is 19.6 Å². The summed E-state index contributed by atoms with van der Waals surface area (Å²) in [6.45, 7) is 5.80. The Morgan fingerprint density at radius 3 is 2.73 bits per heavy atom. The van der Waals surface area contributed by atoms with Gasteiger partial charge in [-0.05, 0) is 6.42 Å². The van der Waals surface area contributed by atoms with Crippen LogP contribution in [0.25, 0.3) is 0 Å². The Hall–Kier alpha value is -0.120. The zero-order chi connectivity index (χ0) is 7.53. The van der Waals surface area contributed by atoms with Crippen LogP contribution in [0.1, 0.15) is 13.3 Å². The summed E-state index contributed by atoms with van der Waals surface area (Å²) in [4.78, 5) is 0. The summed E-state index contributed by atoms with van der Waals surface area (Å²) in [7, 11) is 0. The van der Waals surface area contributed by atoms with E-state index in [0.717, 1.165) is 12.6 Å². The molecule has 3 nitrogen and oxygen atoms in total. The van der Waals surface area contributed by atoms with Crippen molar-refractivity contribution in [2.24, 2.45) is 0 Å². The molecule has 3 saturated heterocycles. The summed E-state index contributed by atoms with van der Waals surface area (Å²) in [6, 6.07) is 0.771. The molecule has 3 aliphatic rings. The largest absolute Gasteiger partial charge is 0.313 e. The molecule has 0 bridgehead atoms. The van der Waals surface area contributed by atoms with Gasteiger partial charge in [-0.2, -0.15) is 0 Å². The first-order chi connectivity index (χ1) is 5.33. The summed E-state index contributed by atoms with van der Waals surface area (Å²) in [6.07, 6.45) is 1.27. The van der Waals surface area contributed by atoms with Crippen LogP contribution in [-0.2, 0) is 0 Å². The second-order valence-corrected chi connectivity index (χ2v) is 4.12. The molecular weight excluding hydrogens is 138 g/mol. The smallest absolute Gasteiger partial charge is 0.0673 e. The molecule has 11 heavy (non-hydrogen) atoms. The Labute approximate surface area is 66.9 Å². The van der Waals surface area contributed by atoms with Gasteiger partial charge < -0.3 is 16.0 Å². The molecule has 3 aliphatic heterocycles. The highest BCUT2D eigenvalue weighted by Crippen LogP contribution is 2.46. The lowest BCUT2D eigenvalue weighted by Crippen LogP contribution is -2.38. The fourth-order valence-corrected chi connectivity index (χ4v) is 2.71. The third-order valence-corrected chi connectivity index (χ3v) is 3.64. The first-order valence-electron chi connectivity index (χ1n) is 4.56. The minimum Gasteiger partial charge on any atom is -0.313 e. The number of hydrogen-bond acceptors (Lipinski definition) is 3. The second kappa shape index (κ2) is 1.63. The molecule has 62 valence electrons. The van der Waals surface area contributed by atoms with E-state index in [4.69, 9.17) is 0 Å². The molecule has 3 heteroatoms. The molecule has 0 aliphatic carbocycles. The van der Waals surface area contributed by atoms with E-state index < -0.39 is 0 Å². The van der Waals surface area contributed by atoms with Crippen molar-refractivity contribution >= 4 is 0 Å². The lowest BCUT2D eigenvalue weighted by molar-refractivity contribution is 0.538. The molecule has 2 spiro atoms. The summed E-state index contributed by atoms with van der Waals surface area (Å²) < 4.78 is 0. The van der Waals surface area contributed by atoms with E-state index in [1.165, 1.54) is 19.5 Å². The molecule has 3 heterocycles. The van der Waals surface area contributed by atoms with Gasteiger partial charge in [0.25, 0.3) is 0 Å². The van der Waals surface area contributed by atoms with Crippen molar-refractivity contribution in [3.8, 4) is 0 Å². The van der Waals surface area contributed by atoms with E-state index >= 15 is 0 Å². The molecule has 0 amide bonds. The van der Waals surface area contributed by atoms with Crippen molar-refractivity contribution in [3.63, 3.8) is 0 Å². The van der Waals surface area contributed by atoms with E-state index in [1.807, 2.05) is 0 Å². The van der Waals surface area contributed by atoms with Gasteiger partial charge in [0.05, 0.1) is 11.1 Å². The van der Waals surface area contributed by atoms with Crippen LogP contribution >= 0.6 is 0 Å². The molecule has 3 fully saturated rings. The summed E-state index contributed by atoms with van der Waals surface area (Å²) in [5.74, 6) is 0. The van der Waals surface area contributed by atoms with Gasteiger partial charge in [-0.25, -0.2) is 0 Å². The van der Waals surface area contributed by atoms with Gasteiger partial charge in [0, 0.05) is 25.7 Å². The maximum absolute atomic E-state index is 3.62. The summed E-state index contributed by atoms with van der Waals surface area (Å²) in [5, 5.41) is 10.6. The van der Waals surface area contributed by atoms with E-state index in [-0.39, 0.29) is 0 Å². The standard InChI is InChI=1S/C8H15N3/c1-2-6-8(11-6)5-9-3-7(8)4-10-7/h6,9-11H,2-5H2,1H3. The quantitative estimate of drug-likeness (QED) is 0.426. The molecule has 3 N–H and O–H groups in total. The van der Waals surface area contributed by atoms with Gasteiger partial charge in [-0.15, -0.1) is 0 Å². The predicted octanol–water partition coefficient (Wildman–Crippen LogP) is -0.948. The molecule has 0 aromatic carbocycles. The van der Waals surface area contributed by atoms with Crippen LogP contribution in [0, 0.1) is 0 Å². The fourth-order valence-electron chi connectivity index (χ4n) is 2.71. The third-order valence-electron chi connectivity index (χ3n) is 3.64. The zero-order valence-corrected chi connectivity index (χ0v) is 6.91. The molecule has 0 radical (unpaired) electrons.